The summed E-state index contributed by atoms with van der Waals surface area (Å²) < 4.78 is 65.6. The highest BCUT2D eigenvalue weighted by atomic mass is 19.1. The van der Waals surface area contributed by atoms with Crippen LogP contribution in [0.3, 0.4) is 0 Å². The van der Waals surface area contributed by atoms with Gasteiger partial charge in [-0.3, -0.25) is 9.59 Å². The number of aliphatic hydroxyl groups is 2. The first kappa shape index (κ1) is 87.1. The molecule has 0 spiro atoms. The van der Waals surface area contributed by atoms with E-state index in [0.29, 0.717) is 37.3 Å². The van der Waals surface area contributed by atoms with E-state index in [1.807, 2.05) is 141 Å². The number of aromatic nitrogens is 8. The summed E-state index contributed by atoms with van der Waals surface area (Å²) in [6.45, 7) is 9.19. The molecule has 2 N–H and O–H groups in total. The maximum Gasteiger partial charge on any atom is 0.212 e. The molecule has 0 fully saturated rings. The number of hydrogen-bond donors (Lipinski definition) is 2. The summed E-state index contributed by atoms with van der Waals surface area (Å²) in [5.41, 5.74) is 21.3. The Kier molecular flexibility index (Phi) is 30.6. The Labute approximate surface area is 723 Å². The van der Waals surface area contributed by atoms with E-state index in [0.717, 1.165) is 116 Å². The van der Waals surface area contributed by atoms with Gasteiger partial charge in [0.05, 0.1) is 28.4 Å². The van der Waals surface area contributed by atoms with E-state index in [-0.39, 0.29) is 23.2 Å². The van der Waals surface area contributed by atoms with Crippen LogP contribution in [0.4, 0.5) is 8.78 Å². The molecule has 0 amide bonds. The average molecular weight is 1650 g/mol. The summed E-state index contributed by atoms with van der Waals surface area (Å²) in [7, 11) is 6.76. The Morgan fingerprint density at radius 1 is 0.250 bits per heavy atom. The fourth-order valence-electron chi connectivity index (χ4n) is 14.2. The molecule has 8 heterocycles. The van der Waals surface area contributed by atoms with E-state index in [9.17, 15) is 18.4 Å². The van der Waals surface area contributed by atoms with Crippen LogP contribution >= 0.6 is 0 Å². The van der Waals surface area contributed by atoms with Crippen molar-refractivity contribution in [3.63, 3.8) is 0 Å². The molecule has 0 aliphatic heterocycles. The van der Waals surface area contributed by atoms with E-state index >= 15 is 0 Å². The van der Waals surface area contributed by atoms with E-state index in [2.05, 4.69) is 215 Å². The van der Waals surface area contributed by atoms with Gasteiger partial charge in [-0.15, -0.1) is 0 Å². The molecule has 0 saturated carbocycles. The van der Waals surface area contributed by atoms with Crippen LogP contribution in [0.1, 0.15) is 76.4 Å². The molecule has 16 aromatic rings. The number of methoxy groups -OCH3 is 4. The molecule has 16 rings (SSSR count). The highest BCUT2D eigenvalue weighted by Crippen LogP contribution is 2.32. The van der Waals surface area contributed by atoms with Crippen LogP contribution in [0, 0.1) is 25.5 Å². The van der Waals surface area contributed by atoms with Gasteiger partial charge in [0, 0.05) is 151 Å². The Balaban J connectivity index is 0.000000143. The number of aryl methyl sites for hydroxylation is 2. The molecule has 16 nitrogen and oxygen atoms in total. The van der Waals surface area contributed by atoms with Crippen molar-refractivity contribution in [1.82, 2.24) is 0 Å². The maximum absolute atomic E-state index is 13.1. The summed E-state index contributed by atoms with van der Waals surface area (Å²) in [6.07, 6.45) is 32.7. The Morgan fingerprint density at radius 3 is 0.661 bits per heavy atom. The number of rotatable bonds is 28. The number of carbonyl (C=O) groups excluding carboxylic acids is 2. The van der Waals surface area contributed by atoms with E-state index < -0.39 is 13.2 Å². The predicted molar refractivity (Wildman–Crippen MR) is 472 cm³/mol. The van der Waals surface area contributed by atoms with Gasteiger partial charge in [-0.25, -0.2) is 27.0 Å². The fraction of sp³-hybridized carbons (Fsp3) is 0.151. The molecule has 0 saturated heterocycles. The monoisotopic (exact) mass is 1650 g/mol. The van der Waals surface area contributed by atoms with Crippen molar-refractivity contribution in [3.05, 3.63) is 457 Å². The summed E-state index contributed by atoms with van der Waals surface area (Å²) in [5, 5.41) is 18.0. The molecular weight excluding hydrogens is 1550 g/mol. The zero-order valence-corrected chi connectivity index (χ0v) is 70.5. The first-order valence-electron chi connectivity index (χ1n) is 40.9. The Hall–Kier alpha value is -14.7. The molecule has 0 aliphatic carbocycles. The molecule has 8 aromatic carbocycles. The molecule has 620 valence electrons. The van der Waals surface area contributed by atoms with Crippen molar-refractivity contribution in [2.75, 3.05) is 41.7 Å². The minimum Gasteiger partial charge on any atom is -0.490 e. The SMILES string of the molecule is COc1c[n+](Cc2ccc(C(=O)CO)cc2)ccc1-c1cc[n+](Cc2ccc(C(=O)CO)cc2)cc1.COc1c[n+](Cc2ccc(C)cc2)ccc1-c1cc[n+](Cc2ccc(C)cc2)cc1.COc1c[n+](Cc2ccc(F)cc2)ccc1-c1cc[n+](Cc2ccc(F)cc2)cc1.COc1c[n+](Cc2ccccc2)ccc1-c1cc[n+](Cc2ccccc2)cc1. The third-order valence-electron chi connectivity index (χ3n) is 21.1. The molecule has 0 atom stereocenters. The van der Waals surface area contributed by atoms with Crippen LogP contribution in [-0.2, 0) is 52.4 Å². The van der Waals surface area contributed by atoms with Gasteiger partial charge < -0.3 is 29.2 Å². The topological polar surface area (TPSA) is 143 Å². The number of aliphatic hydroxyl groups excluding tert-OH is 2. The van der Waals surface area contributed by atoms with E-state index in [4.69, 9.17) is 29.2 Å². The highest BCUT2D eigenvalue weighted by Gasteiger charge is 2.21. The lowest BCUT2D eigenvalue weighted by Gasteiger charge is -2.08. The van der Waals surface area contributed by atoms with Crippen molar-refractivity contribution in [3.8, 4) is 67.5 Å². The van der Waals surface area contributed by atoms with Gasteiger partial charge >= 0.3 is 0 Å². The van der Waals surface area contributed by atoms with Crippen molar-refractivity contribution in [1.29, 1.82) is 0 Å². The average Bonchev–Trinajstić information content (AvgIpc) is 0.819. The first-order chi connectivity index (χ1) is 60.5. The van der Waals surface area contributed by atoms with Gasteiger partial charge in [0.2, 0.25) is 24.8 Å². The summed E-state index contributed by atoms with van der Waals surface area (Å²) in [4.78, 5) is 23.2. The van der Waals surface area contributed by atoms with Crippen LogP contribution < -0.4 is 55.5 Å². The van der Waals surface area contributed by atoms with Crippen molar-refractivity contribution in [2.24, 2.45) is 0 Å². The second-order valence-corrected chi connectivity index (χ2v) is 30.2. The number of nitrogens with zero attached hydrogens (tertiary/aromatic N) is 8. The van der Waals surface area contributed by atoms with Gasteiger partial charge in [0.1, 0.15) is 24.8 Å². The van der Waals surface area contributed by atoms with E-state index in [1.54, 1.807) is 77.0 Å². The van der Waals surface area contributed by atoms with Crippen LogP contribution in [0.5, 0.6) is 23.0 Å². The lowest BCUT2D eigenvalue weighted by atomic mass is 10.1. The van der Waals surface area contributed by atoms with Gasteiger partial charge in [0.15, 0.2) is 161 Å². The second kappa shape index (κ2) is 43.5. The van der Waals surface area contributed by atoms with Crippen molar-refractivity contribution >= 4 is 11.6 Å². The molecule has 0 radical (unpaired) electrons. The fourth-order valence-corrected chi connectivity index (χ4v) is 14.2. The number of hydrogen-bond acceptors (Lipinski definition) is 8. The molecular formula is C106H102F2N8O8+8. The molecule has 0 aliphatic rings. The normalized spacial score (nSPS) is 10.7. The second-order valence-electron chi connectivity index (χ2n) is 30.2. The lowest BCUT2D eigenvalue weighted by molar-refractivity contribution is -0.688. The molecule has 18 heteroatoms. The molecule has 124 heavy (non-hydrogen) atoms. The standard InChI is InChI=1S/C29H28N2O5.C27H28N2O.C25H22F2N2O.C25H24N2O/c1-36-29-18-31(17-22-4-8-25(9-5-22)28(35)20-33)15-12-26(29)23-10-13-30(14-11-23)16-21-2-6-24(7-3-21)27(34)19-32;1-21-4-8-23(9-5-21)18-28-15-12-25(13-16-28)26-14-17-29(20-27(26)30-3)19-24-10-6-22(2)7-11-24;1-30-25-18-29(17-20-4-8-23(27)9-5-20)15-12-24(25)21-10-13-28(14-11-21)16-19-2-6-22(26)7-3-19;1-28-25-20-27(19-22-10-6-3-7-11-22)17-14-24(25)23-12-15-26(16-13-23)18-21-8-4-2-5-9-21/h2-15,18,32-33H,16-17,19-20H2,1H3;4-17,20H,18-19H2,1-3H3;2-15,18H,16-17H2,1H3;2-17,20H,18-19H2,1H3/q4*+2. The van der Waals surface area contributed by atoms with Gasteiger partial charge in [-0.1, -0.05) is 169 Å². The third kappa shape index (κ3) is 24.7. The smallest absolute Gasteiger partial charge is 0.212 e. The zero-order chi connectivity index (χ0) is 86.5. The number of pyridine rings is 8. The largest absolute Gasteiger partial charge is 0.490 e. The van der Waals surface area contributed by atoms with Crippen molar-refractivity contribution in [2.45, 2.75) is 66.2 Å². The van der Waals surface area contributed by atoms with Gasteiger partial charge in [0.25, 0.3) is 0 Å². The zero-order valence-electron chi connectivity index (χ0n) is 70.5. The quantitative estimate of drug-likeness (QED) is 0.0365. The first-order valence-corrected chi connectivity index (χ1v) is 40.9. The summed E-state index contributed by atoms with van der Waals surface area (Å²) in [5.74, 6) is 2.20. The van der Waals surface area contributed by atoms with E-state index in [1.165, 1.54) is 57.6 Å². The summed E-state index contributed by atoms with van der Waals surface area (Å²) in [6, 6.07) is 90.7. The number of ether oxygens (including phenoxy) is 4. The van der Waals surface area contributed by atoms with Crippen LogP contribution in [0.25, 0.3) is 44.5 Å². The molecule has 0 unspecified atom stereocenters. The highest BCUT2D eigenvalue weighted by molar-refractivity contribution is 5.97. The minimum atomic E-state index is -0.493. The Bertz CT molecular complexity index is 5960. The molecule has 8 aromatic heterocycles. The third-order valence-corrected chi connectivity index (χ3v) is 21.1. The van der Waals surface area contributed by atoms with Crippen LogP contribution in [0.15, 0.2) is 378 Å². The number of Topliss-reactive ketones (excluding diaryl/α,β-unsaturated/α-hetero) is 2. The molecule has 0 bridgehead atoms. The number of ketones is 2. The number of carbonyl (C=O) groups is 2. The maximum atomic E-state index is 13.1. The van der Waals surface area contributed by atoms with Gasteiger partial charge in [-0.05, 0) is 84.6 Å². The Morgan fingerprint density at radius 2 is 0.444 bits per heavy atom. The van der Waals surface area contributed by atoms with Crippen molar-refractivity contribution < 1.29 is 84.1 Å². The van der Waals surface area contributed by atoms with Crippen LogP contribution in [-0.4, -0.2) is 63.4 Å². The van der Waals surface area contributed by atoms with Gasteiger partial charge in [-0.2, -0.15) is 18.3 Å². The van der Waals surface area contributed by atoms with Crippen LogP contribution in [0.2, 0.25) is 0 Å². The minimum absolute atomic E-state index is 0.230. The predicted octanol–water partition coefficient (Wildman–Crippen LogP) is 15.4. The number of benzene rings is 8. The lowest BCUT2D eigenvalue weighted by Crippen LogP contribution is -2.34. The number of halogens is 2. The summed E-state index contributed by atoms with van der Waals surface area (Å²) >= 11 is 0.